The fourth-order valence-electron chi connectivity index (χ4n) is 2.28. The van der Waals surface area contributed by atoms with Crippen molar-refractivity contribution < 1.29 is 14.6 Å². The molecule has 0 heterocycles. The molecule has 1 N–H and O–H groups in total. The summed E-state index contributed by atoms with van der Waals surface area (Å²) in [6.07, 6.45) is 7.19. The topological polar surface area (TPSA) is 46.5 Å². The molecular weight excluding hydrogens is 204 g/mol. The highest BCUT2D eigenvalue weighted by atomic mass is 16.5. The number of carbonyl (C=O) groups is 1. The second kappa shape index (κ2) is 5.92. The van der Waals surface area contributed by atoms with Crippen molar-refractivity contribution in [2.45, 2.75) is 52.4 Å². The Morgan fingerprint density at radius 2 is 1.94 bits per heavy atom. The summed E-state index contributed by atoms with van der Waals surface area (Å²) in [5.41, 5.74) is 0.585. The van der Waals surface area contributed by atoms with E-state index < -0.39 is 11.4 Å². The van der Waals surface area contributed by atoms with Crippen LogP contribution in [-0.4, -0.2) is 17.7 Å². The highest BCUT2D eigenvalue weighted by molar-refractivity contribution is 5.74. The number of hydrogen-bond donors (Lipinski definition) is 1. The molecular formula is C13H22O3. The van der Waals surface area contributed by atoms with Crippen LogP contribution >= 0.6 is 0 Å². The first-order valence-corrected chi connectivity index (χ1v) is 6.05. The molecule has 0 radical (unpaired) electrons. The van der Waals surface area contributed by atoms with Gasteiger partial charge >= 0.3 is 5.97 Å². The smallest absolute Gasteiger partial charge is 0.309 e. The summed E-state index contributed by atoms with van der Waals surface area (Å²) in [5.74, 6) is -0.645. The van der Waals surface area contributed by atoms with Gasteiger partial charge in [-0.05, 0) is 38.7 Å². The molecule has 1 fully saturated rings. The molecule has 0 unspecified atom stereocenters. The summed E-state index contributed by atoms with van der Waals surface area (Å²) >= 11 is 0. The van der Waals surface area contributed by atoms with Crippen molar-refractivity contribution >= 4 is 5.97 Å². The second-order valence-electron chi connectivity index (χ2n) is 4.96. The van der Waals surface area contributed by atoms with Crippen molar-refractivity contribution in [3.05, 3.63) is 11.8 Å². The lowest BCUT2D eigenvalue weighted by Crippen LogP contribution is -2.34. The van der Waals surface area contributed by atoms with Gasteiger partial charge in [0.25, 0.3) is 0 Å². The van der Waals surface area contributed by atoms with Gasteiger partial charge in [-0.25, -0.2) is 0 Å². The normalized spacial score (nSPS) is 18.9. The maximum atomic E-state index is 11.3. The number of rotatable bonds is 5. The van der Waals surface area contributed by atoms with Gasteiger partial charge in [0.2, 0.25) is 0 Å². The standard InChI is InChI=1S/C13H22O3/c1-11(2)10-16-9-8-13(12(14)15)6-4-3-5-7-13/h10H,3-9H2,1-2H3,(H,14,15). The molecule has 0 aliphatic heterocycles. The summed E-state index contributed by atoms with van der Waals surface area (Å²) in [7, 11) is 0. The Hall–Kier alpha value is -0.990. The van der Waals surface area contributed by atoms with Crippen LogP contribution in [0.2, 0.25) is 0 Å². The first-order valence-electron chi connectivity index (χ1n) is 6.05. The third-order valence-corrected chi connectivity index (χ3v) is 3.28. The number of hydrogen-bond acceptors (Lipinski definition) is 2. The lowest BCUT2D eigenvalue weighted by Gasteiger charge is -2.32. The monoisotopic (exact) mass is 226 g/mol. The predicted octanol–water partition coefficient (Wildman–Crippen LogP) is 3.35. The van der Waals surface area contributed by atoms with Crippen LogP contribution in [0.15, 0.2) is 11.8 Å². The molecule has 0 atom stereocenters. The molecule has 1 aliphatic carbocycles. The van der Waals surface area contributed by atoms with E-state index in [1.807, 2.05) is 13.8 Å². The van der Waals surface area contributed by atoms with E-state index in [1.54, 1.807) is 6.26 Å². The van der Waals surface area contributed by atoms with Gasteiger partial charge in [0.05, 0.1) is 18.3 Å². The Bertz CT molecular complexity index is 258. The largest absolute Gasteiger partial charge is 0.501 e. The summed E-state index contributed by atoms with van der Waals surface area (Å²) in [5, 5.41) is 9.33. The molecule has 0 spiro atoms. The van der Waals surface area contributed by atoms with Crippen molar-refractivity contribution in [2.75, 3.05) is 6.61 Å². The molecule has 0 amide bonds. The molecule has 0 bridgehead atoms. The maximum Gasteiger partial charge on any atom is 0.309 e. The molecule has 0 aromatic rings. The van der Waals surface area contributed by atoms with E-state index in [4.69, 9.17) is 4.74 Å². The molecule has 0 aromatic carbocycles. The number of ether oxygens (including phenoxy) is 1. The minimum atomic E-state index is -0.645. The first kappa shape index (κ1) is 13.1. The van der Waals surface area contributed by atoms with Crippen molar-refractivity contribution in [3.63, 3.8) is 0 Å². The number of carboxylic acids is 1. The van der Waals surface area contributed by atoms with Gasteiger partial charge in [-0.3, -0.25) is 4.79 Å². The predicted molar refractivity (Wildman–Crippen MR) is 63.2 cm³/mol. The molecule has 0 aromatic heterocycles. The summed E-state index contributed by atoms with van der Waals surface area (Å²) in [6.45, 7) is 4.44. The Labute approximate surface area is 97.5 Å². The summed E-state index contributed by atoms with van der Waals surface area (Å²) in [4.78, 5) is 11.3. The molecule has 3 nitrogen and oxygen atoms in total. The van der Waals surface area contributed by atoms with Gasteiger partial charge in [-0.1, -0.05) is 19.3 Å². The molecule has 92 valence electrons. The average molecular weight is 226 g/mol. The third-order valence-electron chi connectivity index (χ3n) is 3.28. The van der Waals surface area contributed by atoms with Crippen molar-refractivity contribution in [3.8, 4) is 0 Å². The van der Waals surface area contributed by atoms with E-state index in [0.29, 0.717) is 13.0 Å². The average Bonchev–Trinajstić information content (AvgIpc) is 2.25. The van der Waals surface area contributed by atoms with Crippen molar-refractivity contribution in [1.29, 1.82) is 0 Å². The van der Waals surface area contributed by atoms with Crippen molar-refractivity contribution in [2.24, 2.45) is 5.41 Å². The highest BCUT2D eigenvalue weighted by Crippen LogP contribution is 2.39. The van der Waals surface area contributed by atoms with Crippen LogP contribution in [0.5, 0.6) is 0 Å². The van der Waals surface area contributed by atoms with E-state index in [1.165, 1.54) is 6.42 Å². The summed E-state index contributed by atoms with van der Waals surface area (Å²) < 4.78 is 5.35. The zero-order valence-corrected chi connectivity index (χ0v) is 10.3. The van der Waals surface area contributed by atoms with E-state index in [2.05, 4.69) is 0 Å². The lowest BCUT2D eigenvalue weighted by molar-refractivity contribution is -0.152. The van der Waals surface area contributed by atoms with Crippen LogP contribution in [0.25, 0.3) is 0 Å². The quantitative estimate of drug-likeness (QED) is 0.577. The van der Waals surface area contributed by atoms with Crippen molar-refractivity contribution in [1.82, 2.24) is 0 Å². The minimum absolute atomic E-state index is 0.511. The minimum Gasteiger partial charge on any atom is -0.501 e. The van der Waals surface area contributed by atoms with E-state index >= 15 is 0 Å². The first-order chi connectivity index (χ1) is 7.57. The van der Waals surface area contributed by atoms with Gasteiger partial charge in [0.15, 0.2) is 0 Å². The van der Waals surface area contributed by atoms with E-state index in [0.717, 1.165) is 31.3 Å². The molecule has 3 heteroatoms. The van der Waals surface area contributed by atoms with Crippen LogP contribution in [0.1, 0.15) is 52.4 Å². The fourth-order valence-corrected chi connectivity index (χ4v) is 2.28. The fraction of sp³-hybridized carbons (Fsp3) is 0.769. The van der Waals surface area contributed by atoms with Gasteiger partial charge in [-0.15, -0.1) is 0 Å². The Morgan fingerprint density at radius 3 is 2.44 bits per heavy atom. The molecule has 1 aliphatic rings. The Balaban J connectivity index is 2.45. The van der Waals surface area contributed by atoms with E-state index in [9.17, 15) is 9.90 Å². The van der Waals surface area contributed by atoms with Crippen LogP contribution in [-0.2, 0) is 9.53 Å². The molecule has 1 rings (SSSR count). The number of allylic oxidation sites excluding steroid dienone is 1. The van der Waals surface area contributed by atoms with Crippen LogP contribution in [0.4, 0.5) is 0 Å². The Morgan fingerprint density at radius 1 is 1.31 bits per heavy atom. The van der Waals surface area contributed by atoms with Crippen LogP contribution < -0.4 is 0 Å². The second-order valence-corrected chi connectivity index (χ2v) is 4.96. The highest BCUT2D eigenvalue weighted by Gasteiger charge is 2.39. The maximum absolute atomic E-state index is 11.3. The lowest BCUT2D eigenvalue weighted by atomic mass is 9.72. The van der Waals surface area contributed by atoms with Gasteiger partial charge < -0.3 is 9.84 Å². The zero-order valence-electron chi connectivity index (χ0n) is 10.3. The third kappa shape index (κ3) is 3.54. The number of aliphatic carboxylic acids is 1. The summed E-state index contributed by atoms with van der Waals surface area (Å²) in [6, 6.07) is 0. The van der Waals surface area contributed by atoms with Gasteiger partial charge in [0.1, 0.15) is 0 Å². The van der Waals surface area contributed by atoms with Crippen LogP contribution in [0, 0.1) is 5.41 Å². The SMILES string of the molecule is CC(C)=COCCC1(C(=O)O)CCCCC1. The molecule has 1 saturated carbocycles. The molecule has 0 saturated heterocycles. The van der Waals surface area contributed by atoms with Crippen LogP contribution in [0.3, 0.4) is 0 Å². The zero-order chi connectivity index (χ0) is 12.0. The van der Waals surface area contributed by atoms with Gasteiger partial charge in [-0.2, -0.15) is 0 Å². The Kier molecular flexibility index (Phi) is 4.84. The van der Waals surface area contributed by atoms with Gasteiger partial charge in [0, 0.05) is 0 Å². The molecule has 16 heavy (non-hydrogen) atoms. The van der Waals surface area contributed by atoms with E-state index in [-0.39, 0.29) is 0 Å². The number of carboxylic acid groups (broad SMARTS) is 1.